The van der Waals surface area contributed by atoms with Crippen molar-refractivity contribution >= 4 is 19.2 Å². The highest BCUT2D eigenvalue weighted by Gasteiger charge is 2.20. The van der Waals surface area contributed by atoms with Gasteiger partial charge >= 0.3 is 0 Å². The van der Waals surface area contributed by atoms with Crippen LogP contribution in [0.1, 0.15) is 24.8 Å². The molecule has 3 heteroatoms. The number of halogens is 2. The molecule has 1 heterocycles. The minimum Gasteiger partial charge on any atom is -0.207 e. The summed E-state index contributed by atoms with van der Waals surface area (Å²) in [4.78, 5) is 0. The zero-order valence-corrected chi connectivity index (χ0v) is 11.1. The maximum absolute atomic E-state index is 12.7. The van der Waals surface area contributed by atoms with Crippen LogP contribution in [-0.4, -0.2) is 8.11 Å². The second-order valence-corrected chi connectivity index (χ2v) is 8.26. The second kappa shape index (κ2) is 5.83. The summed E-state index contributed by atoms with van der Waals surface area (Å²) in [6.45, 7) is 0. The van der Waals surface area contributed by atoms with Gasteiger partial charge in [-0.15, -0.1) is 0 Å². The Kier molecular flexibility index (Phi) is 4.42. The molecule has 1 aliphatic rings. The van der Waals surface area contributed by atoms with Gasteiger partial charge in [-0.05, 0) is 48.5 Å². The van der Waals surface area contributed by atoms with E-state index >= 15 is 0 Å². The van der Waals surface area contributed by atoms with Crippen molar-refractivity contribution in [3.05, 3.63) is 35.6 Å². The van der Waals surface area contributed by atoms with Crippen molar-refractivity contribution in [1.29, 1.82) is 0 Å². The van der Waals surface area contributed by atoms with Crippen LogP contribution in [0.15, 0.2) is 24.3 Å². The smallest absolute Gasteiger partial charge is 0.165 e. The maximum Gasteiger partial charge on any atom is 0.165 e. The Labute approximate surface area is 103 Å². The van der Waals surface area contributed by atoms with E-state index < -0.39 is 8.11 Å². The molecule has 16 heavy (non-hydrogen) atoms. The molecule has 0 saturated carbocycles. The third kappa shape index (κ3) is 3.60. The Bertz CT molecular complexity index is 317. The quantitative estimate of drug-likeness (QED) is 0.555. The molecule has 0 unspecified atom stereocenters. The van der Waals surface area contributed by atoms with Crippen LogP contribution in [0.5, 0.6) is 0 Å². The molecule has 1 saturated heterocycles. The molecule has 2 rings (SSSR count). The van der Waals surface area contributed by atoms with Gasteiger partial charge < -0.3 is 0 Å². The third-order valence-electron chi connectivity index (χ3n) is 3.40. The lowest BCUT2D eigenvalue weighted by Gasteiger charge is -2.23. The fourth-order valence-corrected chi connectivity index (χ4v) is 4.65. The van der Waals surface area contributed by atoms with E-state index in [1.165, 1.54) is 36.9 Å². The molecule has 1 aromatic carbocycles. The topological polar surface area (TPSA) is 0 Å². The Morgan fingerprint density at radius 3 is 2.44 bits per heavy atom. The molecule has 0 spiro atoms. The van der Waals surface area contributed by atoms with E-state index in [9.17, 15) is 4.39 Å². The van der Waals surface area contributed by atoms with E-state index in [4.69, 9.17) is 11.1 Å². The first kappa shape index (κ1) is 12.1. The normalized spacial score (nSPS) is 18.9. The van der Waals surface area contributed by atoms with Crippen LogP contribution in [0.2, 0.25) is 12.1 Å². The Hall–Kier alpha value is -0.343. The molecule has 1 aliphatic heterocycles. The largest absolute Gasteiger partial charge is 0.207 e. The minimum atomic E-state index is -0.490. The van der Waals surface area contributed by atoms with Crippen molar-refractivity contribution in [2.75, 3.05) is 0 Å². The first-order valence-corrected chi connectivity index (χ1v) is 8.91. The van der Waals surface area contributed by atoms with Crippen LogP contribution < -0.4 is 0 Å². The first-order chi connectivity index (χ1) is 7.74. The highest BCUT2D eigenvalue weighted by molar-refractivity contribution is 7.07. The van der Waals surface area contributed by atoms with Crippen LogP contribution >= 0.6 is 11.1 Å². The van der Waals surface area contributed by atoms with Crippen molar-refractivity contribution in [2.45, 2.75) is 37.8 Å². The SMILES string of the molecule is Fc1ccc(CCC2CC[Si](Cl)CC2)cc1. The van der Waals surface area contributed by atoms with Crippen LogP contribution in [0.25, 0.3) is 0 Å². The minimum absolute atomic E-state index is 0.143. The van der Waals surface area contributed by atoms with Crippen molar-refractivity contribution in [2.24, 2.45) is 5.92 Å². The molecule has 0 amide bonds. The van der Waals surface area contributed by atoms with Crippen LogP contribution in [0, 0.1) is 11.7 Å². The molecule has 0 nitrogen and oxygen atoms in total. The van der Waals surface area contributed by atoms with Crippen LogP contribution in [0.3, 0.4) is 0 Å². The van der Waals surface area contributed by atoms with E-state index in [1.54, 1.807) is 12.1 Å². The van der Waals surface area contributed by atoms with Gasteiger partial charge in [0.05, 0.1) is 0 Å². The second-order valence-electron chi connectivity index (χ2n) is 4.63. The number of benzene rings is 1. The molecular formula is C13H17ClFSi. The predicted octanol–water partition coefficient (Wildman–Crippen LogP) is 4.40. The Morgan fingerprint density at radius 1 is 1.19 bits per heavy atom. The molecule has 0 atom stereocenters. The van der Waals surface area contributed by atoms with Gasteiger partial charge in [-0.1, -0.05) is 25.0 Å². The van der Waals surface area contributed by atoms with Gasteiger partial charge in [-0.25, -0.2) is 4.39 Å². The Morgan fingerprint density at radius 2 is 1.81 bits per heavy atom. The number of aryl methyl sites for hydroxylation is 1. The van der Waals surface area contributed by atoms with Crippen LogP contribution in [0.4, 0.5) is 4.39 Å². The molecule has 1 aromatic rings. The lowest BCUT2D eigenvalue weighted by molar-refractivity contribution is 0.440. The summed E-state index contributed by atoms with van der Waals surface area (Å²) in [6.07, 6.45) is 4.92. The summed E-state index contributed by atoms with van der Waals surface area (Å²) >= 11 is 6.18. The van der Waals surface area contributed by atoms with Crippen molar-refractivity contribution in [3.8, 4) is 0 Å². The molecule has 1 radical (unpaired) electrons. The standard InChI is InChI=1S/C13H17ClFSi/c14-16-9-7-12(8-10-16)2-1-11-3-5-13(15)6-4-11/h3-6,12H,1-2,7-10H2. The summed E-state index contributed by atoms with van der Waals surface area (Å²) in [5.41, 5.74) is 1.25. The van der Waals surface area contributed by atoms with E-state index in [-0.39, 0.29) is 5.82 Å². The van der Waals surface area contributed by atoms with Gasteiger partial charge in [0.25, 0.3) is 0 Å². The fourth-order valence-electron chi connectivity index (χ4n) is 2.30. The van der Waals surface area contributed by atoms with Gasteiger partial charge in [-0.3, -0.25) is 0 Å². The summed E-state index contributed by atoms with van der Waals surface area (Å²) in [6, 6.07) is 9.43. The highest BCUT2D eigenvalue weighted by atomic mass is 35.6. The van der Waals surface area contributed by atoms with Crippen LogP contribution in [-0.2, 0) is 6.42 Å². The first-order valence-electron chi connectivity index (χ1n) is 5.98. The van der Waals surface area contributed by atoms with Gasteiger partial charge in [-0.2, -0.15) is 11.1 Å². The lowest BCUT2D eigenvalue weighted by atomic mass is 9.94. The average molecular weight is 256 g/mol. The van der Waals surface area contributed by atoms with E-state index in [2.05, 4.69) is 0 Å². The van der Waals surface area contributed by atoms with Gasteiger partial charge in [0.15, 0.2) is 8.11 Å². The van der Waals surface area contributed by atoms with Crippen molar-refractivity contribution in [1.82, 2.24) is 0 Å². The zero-order chi connectivity index (χ0) is 11.4. The summed E-state index contributed by atoms with van der Waals surface area (Å²) in [5.74, 6) is 0.702. The van der Waals surface area contributed by atoms with Gasteiger partial charge in [0.2, 0.25) is 0 Å². The van der Waals surface area contributed by atoms with Crippen molar-refractivity contribution in [3.63, 3.8) is 0 Å². The summed E-state index contributed by atoms with van der Waals surface area (Å²) < 4.78 is 12.7. The molecule has 1 fully saturated rings. The third-order valence-corrected chi connectivity index (χ3v) is 6.20. The number of hydrogen-bond acceptors (Lipinski definition) is 0. The summed E-state index contributed by atoms with van der Waals surface area (Å²) in [5, 5.41) is 0. The highest BCUT2D eigenvalue weighted by Crippen LogP contribution is 2.30. The van der Waals surface area contributed by atoms with E-state index in [0.717, 1.165) is 12.3 Å². The fraction of sp³-hybridized carbons (Fsp3) is 0.538. The monoisotopic (exact) mass is 255 g/mol. The van der Waals surface area contributed by atoms with E-state index in [0.29, 0.717) is 0 Å². The molecule has 0 aliphatic carbocycles. The van der Waals surface area contributed by atoms with Gasteiger partial charge in [0.1, 0.15) is 5.82 Å². The number of rotatable bonds is 3. The molecule has 87 valence electrons. The lowest BCUT2D eigenvalue weighted by Crippen LogP contribution is -2.16. The molecular weight excluding hydrogens is 239 g/mol. The number of hydrogen-bond donors (Lipinski definition) is 0. The zero-order valence-electron chi connectivity index (χ0n) is 9.39. The average Bonchev–Trinajstić information content (AvgIpc) is 2.30. The molecule has 0 bridgehead atoms. The van der Waals surface area contributed by atoms with E-state index in [1.807, 2.05) is 12.1 Å². The molecule has 0 aromatic heterocycles. The Balaban J connectivity index is 1.77. The maximum atomic E-state index is 12.7. The van der Waals surface area contributed by atoms with Gasteiger partial charge in [0, 0.05) is 0 Å². The predicted molar refractivity (Wildman–Crippen MR) is 68.7 cm³/mol. The summed E-state index contributed by atoms with van der Waals surface area (Å²) in [7, 11) is -0.490. The molecule has 0 N–H and O–H groups in total. The van der Waals surface area contributed by atoms with Crippen molar-refractivity contribution < 1.29 is 4.39 Å².